The van der Waals surface area contributed by atoms with Crippen molar-refractivity contribution in [1.29, 1.82) is 0 Å². The maximum absolute atomic E-state index is 12.5. The van der Waals surface area contributed by atoms with Gasteiger partial charge in [0.2, 0.25) is 0 Å². The zero-order valence-corrected chi connectivity index (χ0v) is 25.0. The van der Waals surface area contributed by atoms with E-state index in [4.69, 9.17) is 0 Å². The molecule has 0 fully saturated rings. The van der Waals surface area contributed by atoms with Crippen molar-refractivity contribution in [2.45, 2.75) is 0 Å². The Morgan fingerprint density at radius 1 is 0.350 bits per heavy atom. The number of rotatable bonds is 5. The topological polar surface area (TPSA) is 34.1 Å². The quantitative estimate of drug-likeness (QED) is 0.198. The lowest BCUT2D eigenvalue weighted by Crippen LogP contribution is -2.01. The minimum absolute atomic E-state index is 0.900. The van der Waals surface area contributed by atoms with E-state index >= 15 is 0 Å². The van der Waals surface area contributed by atoms with Crippen molar-refractivity contribution in [3.8, 4) is 33.4 Å². The third kappa shape index (κ3) is 4.88. The lowest BCUT2D eigenvalue weighted by Gasteiger charge is -2.16. The summed E-state index contributed by atoms with van der Waals surface area (Å²) in [5.74, 6) is 0. The fourth-order valence-electron chi connectivity index (χ4n) is 5.57. The molecular weight excluding hydrogens is 526 g/mol. The molecule has 0 spiro atoms. The number of benzene rings is 6. The van der Waals surface area contributed by atoms with E-state index in [-0.39, 0.29) is 0 Å². The zero-order chi connectivity index (χ0) is 28.1. The van der Waals surface area contributed by atoms with Gasteiger partial charge in [-0.05, 0) is 81.6 Å². The summed E-state index contributed by atoms with van der Waals surface area (Å²) < 4.78 is 25.1. The molecule has 0 aromatic heterocycles. The van der Waals surface area contributed by atoms with Gasteiger partial charge in [0.05, 0.1) is 0 Å². The van der Waals surface area contributed by atoms with Crippen LogP contribution in [0.25, 0.3) is 54.9 Å². The van der Waals surface area contributed by atoms with Gasteiger partial charge in [0.25, 0.3) is 0 Å². The van der Waals surface area contributed by atoms with Crippen molar-refractivity contribution in [1.82, 2.24) is 0 Å². The van der Waals surface area contributed by atoms with Crippen molar-refractivity contribution in [2.75, 3.05) is 26.7 Å². The highest BCUT2D eigenvalue weighted by Gasteiger charge is 2.16. The molecule has 0 radical (unpaired) electrons. The predicted octanol–water partition coefficient (Wildman–Crippen LogP) is 9.49. The highest BCUT2D eigenvalue weighted by Crippen LogP contribution is 2.42. The Kier molecular flexibility index (Phi) is 6.66. The van der Waals surface area contributed by atoms with Gasteiger partial charge in [-0.1, -0.05) is 121 Å². The Morgan fingerprint density at radius 2 is 0.625 bits per heavy atom. The van der Waals surface area contributed by atoms with Crippen LogP contribution in [0.4, 0.5) is 0 Å². The molecule has 6 aromatic rings. The van der Waals surface area contributed by atoms with Gasteiger partial charge < -0.3 is 9.13 Å². The molecule has 6 aromatic carbocycles. The minimum Gasteiger partial charge on any atom is -0.319 e. The van der Waals surface area contributed by atoms with Gasteiger partial charge in [0.1, 0.15) is 14.3 Å². The maximum Gasteiger partial charge on any atom is 0.109 e. The van der Waals surface area contributed by atoms with Crippen LogP contribution in [-0.4, -0.2) is 26.7 Å². The molecule has 40 heavy (non-hydrogen) atoms. The predicted molar refractivity (Wildman–Crippen MR) is 176 cm³/mol. The van der Waals surface area contributed by atoms with Crippen molar-refractivity contribution in [2.24, 2.45) is 0 Å². The van der Waals surface area contributed by atoms with Gasteiger partial charge in [0, 0.05) is 10.6 Å². The van der Waals surface area contributed by atoms with Gasteiger partial charge in [-0.15, -0.1) is 0 Å². The first kappa shape index (κ1) is 26.5. The molecule has 6 rings (SSSR count). The fraction of sp³-hybridized carbons (Fsp3) is 0.111. The van der Waals surface area contributed by atoms with Crippen molar-refractivity contribution >= 4 is 46.4 Å². The fourth-order valence-corrected chi connectivity index (χ4v) is 7.31. The first-order chi connectivity index (χ1) is 19.1. The molecule has 0 bridgehead atoms. The van der Waals surface area contributed by atoms with E-state index in [0.717, 1.165) is 32.9 Å². The Hall–Kier alpha value is -3.70. The SMILES string of the molecule is CP(C)(=O)c1ccc(-c2ccc(-c3ccc(-c4ccc(P(C)(C)=O)cc4)c4ccccc34)c3ccccc23)cc1. The van der Waals surface area contributed by atoms with E-state index in [1.54, 1.807) is 0 Å². The lowest BCUT2D eigenvalue weighted by atomic mass is 9.88. The number of hydrogen-bond acceptors (Lipinski definition) is 2. The summed E-state index contributed by atoms with van der Waals surface area (Å²) in [7, 11) is -4.60. The normalized spacial score (nSPS) is 12.2. The van der Waals surface area contributed by atoms with Crippen molar-refractivity contribution in [3.63, 3.8) is 0 Å². The van der Waals surface area contributed by atoms with Crippen LogP contribution in [0, 0.1) is 0 Å². The van der Waals surface area contributed by atoms with E-state index in [1.807, 2.05) is 50.9 Å². The average molecular weight is 559 g/mol. The Labute approximate surface area is 236 Å². The van der Waals surface area contributed by atoms with Crippen LogP contribution in [0.2, 0.25) is 0 Å². The summed E-state index contributed by atoms with van der Waals surface area (Å²) in [4.78, 5) is 0. The van der Waals surface area contributed by atoms with E-state index in [1.165, 1.54) is 32.7 Å². The molecule has 0 N–H and O–H groups in total. The summed E-state index contributed by atoms with van der Waals surface area (Å²) in [6.45, 7) is 7.24. The van der Waals surface area contributed by atoms with Crippen LogP contribution in [0.1, 0.15) is 0 Å². The molecule has 0 aliphatic heterocycles. The molecule has 0 saturated heterocycles. The smallest absolute Gasteiger partial charge is 0.109 e. The molecule has 0 aliphatic rings. The third-order valence-corrected chi connectivity index (χ3v) is 10.8. The standard InChI is InChI=1S/C36H32O2P2/c1-39(2,37)27-17-13-25(14-18-27)29-21-23-35(33-11-7-5-9-31(29)33)36-24-22-30(32-10-6-8-12-34(32)36)26-15-19-28(20-16-26)40(3,4)38/h5-24H,1-4H3. The molecule has 0 saturated carbocycles. The third-order valence-electron chi connectivity index (χ3n) is 7.74. The Morgan fingerprint density at radius 3 is 0.925 bits per heavy atom. The summed E-state index contributed by atoms with van der Waals surface area (Å²) in [5, 5.41) is 6.58. The lowest BCUT2D eigenvalue weighted by molar-refractivity contribution is 0.587. The van der Waals surface area contributed by atoms with E-state index in [9.17, 15) is 9.13 Å². The van der Waals surface area contributed by atoms with Gasteiger partial charge in [0.15, 0.2) is 0 Å². The summed E-state index contributed by atoms with van der Waals surface area (Å²) >= 11 is 0. The first-order valence-electron chi connectivity index (χ1n) is 13.5. The largest absolute Gasteiger partial charge is 0.319 e. The second-order valence-electron chi connectivity index (χ2n) is 11.2. The molecule has 4 heteroatoms. The Balaban J connectivity index is 1.50. The van der Waals surface area contributed by atoms with Gasteiger partial charge in [-0.25, -0.2) is 0 Å². The summed E-state index contributed by atoms with van der Waals surface area (Å²) in [5.41, 5.74) is 6.95. The van der Waals surface area contributed by atoms with Gasteiger partial charge in [-0.2, -0.15) is 0 Å². The second-order valence-corrected chi connectivity index (χ2v) is 17.6. The maximum atomic E-state index is 12.5. The molecule has 0 heterocycles. The highest BCUT2D eigenvalue weighted by atomic mass is 31.2. The molecule has 198 valence electrons. The molecular formula is C36H32O2P2. The number of hydrogen-bond donors (Lipinski definition) is 0. The molecule has 0 aliphatic carbocycles. The van der Waals surface area contributed by atoms with Gasteiger partial charge >= 0.3 is 0 Å². The van der Waals surface area contributed by atoms with E-state index in [0.29, 0.717) is 0 Å². The second kappa shape index (κ2) is 10.0. The highest BCUT2D eigenvalue weighted by molar-refractivity contribution is 7.70. The zero-order valence-electron chi connectivity index (χ0n) is 23.3. The van der Waals surface area contributed by atoms with Crippen LogP contribution in [0.5, 0.6) is 0 Å². The number of fused-ring (bicyclic) bond motifs is 2. The van der Waals surface area contributed by atoms with Crippen LogP contribution in [0.3, 0.4) is 0 Å². The van der Waals surface area contributed by atoms with E-state index in [2.05, 4.69) is 97.1 Å². The van der Waals surface area contributed by atoms with Crippen LogP contribution in [0.15, 0.2) is 121 Å². The summed E-state index contributed by atoms with van der Waals surface area (Å²) in [6, 6.07) is 42.3. The van der Waals surface area contributed by atoms with Crippen molar-refractivity contribution < 1.29 is 9.13 Å². The molecule has 2 nitrogen and oxygen atoms in total. The van der Waals surface area contributed by atoms with E-state index < -0.39 is 14.3 Å². The minimum atomic E-state index is -2.30. The monoisotopic (exact) mass is 558 g/mol. The van der Waals surface area contributed by atoms with Crippen molar-refractivity contribution in [3.05, 3.63) is 121 Å². The Bertz CT molecular complexity index is 1830. The molecule has 0 atom stereocenters. The van der Waals surface area contributed by atoms with Crippen LogP contribution >= 0.6 is 14.3 Å². The molecule has 0 amide bonds. The first-order valence-corrected chi connectivity index (χ1v) is 18.7. The van der Waals surface area contributed by atoms with Crippen LogP contribution in [-0.2, 0) is 9.13 Å². The molecule has 0 unspecified atom stereocenters. The summed E-state index contributed by atoms with van der Waals surface area (Å²) in [6.07, 6.45) is 0. The average Bonchev–Trinajstić information content (AvgIpc) is 2.95. The van der Waals surface area contributed by atoms with Crippen LogP contribution < -0.4 is 10.6 Å². The van der Waals surface area contributed by atoms with Gasteiger partial charge in [-0.3, -0.25) is 0 Å².